The summed E-state index contributed by atoms with van der Waals surface area (Å²) in [6.07, 6.45) is 0. The van der Waals surface area contributed by atoms with E-state index in [1.165, 1.54) is 12.6 Å². The van der Waals surface area contributed by atoms with Crippen molar-refractivity contribution in [3.05, 3.63) is 41.2 Å². The highest BCUT2D eigenvalue weighted by molar-refractivity contribution is 5.96. The van der Waals surface area contributed by atoms with Gasteiger partial charge in [0.25, 0.3) is 0 Å². The summed E-state index contributed by atoms with van der Waals surface area (Å²) in [5.74, 6) is -0.0199. The summed E-state index contributed by atoms with van der Waals surface area (Å²) in [5, 5.41) is 10.2. The zero-order valence-electron chi connectivity index (χ0n) is 15.5. The van der Waals surface area contributed by atoms with Crippen LogP contribution in [-0.2, 0) is 4.79 Å². The SMILES string of the molecule is CC(=O)c1ccc(NC(=O)CN2CCN(c3c(C)n[nH]c3C)CC2)cc1. The Morgan fingerprint density at radius 2 is 1.77 bits per heavy atom. The summed E-state index contributed by atoms with van der Waals surface area (Å²) >= 11 is 0. The Morgan fingerprint density at radius 3 is 2.31 bits per heavy atom. The molecule has 7 heteroatoms. The van der Waals surface area contributed by atoms with E-state index in [1.807, 2.05) is 13.8 Å². The van der Waals surface area contributed by atoms with Crippen molar-refractivity contribution in [2.75, 3.05) is 42.9 Å². The molecule has 0 atom stereocenters. The number of hydrogen-bond acceptors (Lipinski definition) is 5. The Bertz CT molecular complexity index is 769. The maximum Gasteiger partial charge on any atom is 0.238 e. The fourth-order valence-electron chi connectivity index (χ4n) is 3.33. The summed E-state index contributed by atoms with van der Waals surface area (Å²) in [5.41, 5.74) is 4.64. The topological polar surface area (TPSA) is 81.3 Å². The smallest absolute Gasteiger partial charge is 0.238 e. The summed E-state index contributed by atoms with van der Waals surface area (Å²) < 4.78 is 0. The van der Waals surface area contributed by atoms with E-state index in [4.69, 9.17) is 0 Å². The number of benzene rings is 1. The molecule has 0 bridgehead atoms. The molecule has 1 aromatic heterocycles. The van der Waals surface area contributed by atoms with Crippen LogP contribution in [0.25, 0.3) is 0 Å². The van der Waals surface area contributed by atoms with Crippen LogP contribution in [-0.4, -0.2) is 59.5 Å². The van der Waals surface area contributed by atoms with E-state index < -0.39 is 0 Å². The number of H-pyrrole nitrogens is 1. The fraction of sp³-hybridized carbons (Fsp3) is 0.421. The van der Waals surface area contributed by atoms with Crippen LogP contribution in [0.3, 0.4) is 0 Å². The molecule has 1 fully saturated rings. The first-order valence-electron chi connectivity index (χ1n) is 8.84. The summed E-state index contributed by atoms with van der Waals surface area (Å²) in [6, 6.07) is 6.98. The van der Waals surface area contributed by atoms with Crippen LogP contribution in [0.5, 0.6) is 0 Å². The third-order valence-corrected chi connectivity index (χ3v) is 4.72. The number of nitrogens with zero attached hydrogens (tertiary/aromatic N) is 3. The van der Waals surface area contributed by atoms with E-state index in [-0.39, 0.29) is 11.7 Å². The molecule has 3 rings (SSSR count). The Kier molecular flexibility index (Phi) is 5.37. The molecule has 1 aromatic carbocycles. The molecular weight excluding hydrogens is 330 g/mol. The predicted octanol–water partition coefficient (Wildman–Crippen LogP) is 1.99. The molecule has 7 nitrogen and oxygen atoms in total. The van der Waals surface area contributed by atoms with Gasteiger partial charge in [-0.1, -0.05) is 0 Å². The Morgan fingerprint density at radius 1 is 1.12 bits per heavy atom. The van der Waals surface area contributed by atoms with Gasteiger partial charge in [-0.25, -0.2) is 0 Å². The molecule has 2 N–H and O–H groups in total. The monoisotopic (exact) mass is 355 g/mol. The summed E-state index contributed by atoms with van der Waals surface area (Å²) in [4.78, 5) is 28.0. The largest absolute Gasteiger partial charge is 0.366 e. The maximum atomic E-state index is 12.3. The minimum absolute atomic E-state index is 0.0174. The number of rotatable bonds is 5. The van der Waals surface area contributed by atoms with Gasteiger partial charge < -0.3 is 10.2 Å². The van der Waals surface area contributed by atoms with Crippen LogP contribution in [0, 0.1) is 13.8 Å². The average molecular weight is 355 g/mol. The molecule has 0 aliphatic carbocycles. The van der Waals surface area contributed by atoms with Crippen molar-refractivity contribution in [3.63, 3.8) is 0 Å². The highest BCUT2D eigenvalue weighted by atomic mass is 16.2. The van der Waals surface area contributed by atoms with Crippen molar-refractivity contribution >= 4 is 23.1 Å². The van der Waals surface area contributed by atoms with Gasteiger partial charge in [-0.05, 0) is 45.0 Å². The Labute approximate surface area is 153 Å². The van der Waals surface area contributed by atoms with Crippen LogP contribution in [0.1, 0.15) is 28.7 Å². The number of hydrogen-bond donors (Lipinski definition) is 2. The van der Waals surface area contributed by atoms with E-state index in [9.17, 15) is 9.59 Å². The van der Waals surface area contributed by atoms with Crippen molar-refractivity contribution in [1.82, 2.24) is 15.1 Å². The van der Waals surface area contributed by atoms with Gasteiger partial charge in [0.1, 0.15) is 0 Å². The molecule has 2 aromatic rings. The number of carbonyl (C=O) groups excluding carboxylic acids is 2. The van der Waals surface area contributed by atoms with E-state index in [1.54, 1.807) is 24.3 Å². The maximum absolute atomic E-state index is 12.3. The predicted molar refractivity (Wildman–Crippen MR) is 102 cm³/mol. The van der Waals surface area contributed by atoms with Gasteiger partial charge in [-0.3, -0.25) is 19.6 Å². The second-order valence-electron chi connectivity index (χ2n) is 6.73. The number of aromatic amines is 1. The minimum Gasteiger partial charge on any atom is -0.366 e. The molecule has 0 saturated carbocycles. The van der Waals surface area contributed by atoms with E-state index >= 15 is 0 Å². The molecule has 26 heavy (non-hydrogen) atoms. The molecule has 1 aliphatic rings. The van der Waals surface area contributed by atoms with Crippen LogP contribution < -0.4 is 10.2 Å². The number of nitrogens with one attached hydrogen (secondary N) is 2. The standard InChI is InChI=1S/C19H25N5O2/c1-13-19(14(2)22-21-13)24-10-8-23(9-11-24)12-18(26)20-17-6-4-16(5-7-17)15(3)25/h4-7H,8-12H2,1-3H3,(H,20,26)(H,21,22). The normalized spacial score (nSPS) is 15.1. The lowest BCUT2D eigenvalue weighted by molar-refractivity contribution is -0.117. The number of Topliss-reactive ketones (excluding diaryl/α,β-unsaturated/α-hetero) is 1. The number of ketones is 1. The van der Waals surface area contributed by atoms with Crippen molar-refractivity contribution in [3.8, 4) is 0 Å². The molecule has 0 unspecified atom stereocenters. The van der Waals surface area contributed by atoms with Crippen molar-refractivity contribution in [2.45, 2.75) is 20.8 Å². The van der Waals surface area contributed by atoms with Crippen molar-refractivity contribution in [1.29, 1.82) is 0 Å². The lowest BCUT2D eigenvalue weighted by Gasteiger charge is -2.35. The first-order chi connectivity index (χ1) is 12.4. The second-order valence-corrected chi connectivity index (χ2v) is 6.73. The highest BCUT2D eigenvalue weighted by Crippen LogP contribution is 2.23. The fourth-order valence-corrected chi connectivity index (χ4v) is 3.33. The van der Waals surface area contributed by atoms with Gasteiger partial charge in [0, 0.05) is 37.4 Å². The molecule has 0 spiro atoms. The van der Waals surface area contributed by atoms with E-state index in [2.05, 4.69) is 25.3 Å². The minimum atomic E-state index is -0.0373. The van der Waals surface area contributed by atoms with Gasteiger partial charge in [-0.15, -0.1) is 0 Å². The number of piperazine rings is 1. The molecule has 2 heterocycles. The lowest BCUT2D eigenvalue weighted by atomic mass is 10.1. The van der Waals surface area contributed by atoms with Crippen LogP contribution in [0.2, 0.25) is 0 Å². The van der Waals surface area contributed by atoms with Crippen LogP contribution >= 0.6 is 0 Å². The van der Waals surface area contributed by atoms with E-state index in [0.717, 1.165) is 37.6 Å². The molecule has 1 saturated heterocycles. The first kappa shape index (κ1) is 18.1. The molecule has 1 aliphatic heterocycles. The van der Waals surface area contributed by atoms with Gasteiger partial charge in [0.05, 0.1) is 23.6 Å². The van der Waals surface area contributed by atoms with Crippen molar-refractivity contribution < 1.29 is 9.59 Å². The zero-order chi connectivity index (χ0) is 18.7. The summed E-state index contributed by atoms with van der Waals surface area (Å²) in [7, 11) is 0. The lowest BCUT2D eigenvalue weighted by Crippen LogP contribution is -2.49. The summed E-state index contributed by atoms with van der Waals surface area (Å²) in [6.45, 7) is 9.36. The number of anilines is 2. The molecular formula is C19H25N5O2. The third kappa shape index (κ3) is 4.11. The number of amides is 1. The second kappa shape index (κ2) is 7.70. The average Bonchev–Trinajstić information content (AvgIpc) is 2.95. The van der Waals surface area contributed by atoms with Gasteiger partial charge in [0.15, 0.2) is 5.78 Å². The molecule has 138 valence electrons. The zero-order valence-corrected chi connectivity index (χ0v) is 15.5. The number of aryl methyl sites for hydroxylation is 2. The molecule has 1 amide bonds. The van der Waals surface area contributed by atoms with Gasteiger partial charge in [0.2, 0.25) is 5.91 Å². The van der Waals surface area contributed by atoms with E-state index in [0.29, 0.717) is 17.8 Å². The van der Waals surface area contributed by atoms with Crippen LogP contribution in [0.4, 0.5) is 11.4 Å². The quantitative estimate of drug-likeness (QED) is 0.802. The van der Waals surface area contributed by atoms with Gasteiger partial charge >= 0.3 is 0 Å². The van der Waals surface area contributed by atoms with Gasteiger partial charge in [-0.2, -0.15) is 5.10 Å². The number of carbonyl (C=O) groups is 2. The molecule has 0 radical (unpaired) electrons. The number of aromatic nitrogens is 2. The Balaban J connectivity index is 1.49. The van der Waals surface area contributed by atoms with Crippen molar-refractivity contribution in [2.24, 2.45) is 0 Å². The Hall–Kier alpha value is -2.67. The third-order valence-electron chi connectivity index (χ3n) is 4.72. The van der Waals surface area contributed by atoms with Crippen LogP contribution in [0.15, 0.2) is 24.3 Å². The first-order valence-corrected chi connectivity index (χ1v) is 8.84. The highest BCUT2D eigenvalue weighted by Gasteiger charge is 2.22.